The van der Waals surface area contributed by atoms with Gasteiger partial charge >= 0.3 is 5.97 Å². The number of benzene rings is 1. The van der Waals surface area contributed by atoms with E-state index < -0.39 is 5.97 Å². The molecule has 2 rings (SSSR count). The summed E-state index contributed by atoms with van der Waals surface area (Å²) in [6.45, 7) is 0.614. The summed E-state index contributed by atoms with van der Waals surface area (Å²) in [6.07, 6.45) is 0. The largest absolute Gasteiger partial charge is 0.492 e. The van der Waals surface area contributed by atoms with Crippen molar-refractivity contribution in [1.29, 1.82) is 0 Å². The van der Waals surface area contributed by atoms with Gasteiger partial charge in [-0.05, 0) is 18.2 Å². The minimum Gasteiger partial charge on any atom is -0.492 e. The van der Waals surface area contributed by atoms with Gasteiger partial charge in [-0.1, -0.05) is 6.07 Å². The Labute approximate surface area is 121 Å². The van der Waals surface area contributed by atoms with Gasteiger partial charge in [-0.15, -0.1) is 0 Å². The third kappa shape index (κ3) is 3.71. The monoisotopic (exact) mass is 292 g/mol. The number of carboxylic acid groups (broad SMARTS) is 1. The number of carbonyl (C=O) groups is 3. The third-order valence-corrected chi connectivity index (χ3v) is 3.19. The fraction of sp³-hybridized carbons (Fsp3) is 0.357. The number of rotatable bonds is 5. The summed E-state index contributed by atoms with van der Waals surface area (Å²) < 4.78 is 5.43. The highest BCUT2D eigenvalue weighted by Gasteiger charge is 2.26. The van der Waals surface area contributed by atoms with Crippen LogP contribution in [0.3, 0.4) is 0 Å². The quantitative estimate of drug-likeness (QED) is 0.829. The SMILES string of the molecule is CN1CC(=O)N(CCOc2cccc(C(=O)O)c2)CC1=O. The summed E-state index contributed by atoms with van der Waals surface area (Å²) in [5.41, 5.74) is 0.137. The van der Waals surface area contributed by atoms with Crippen LogP contribution in [0.15, 0.2) is 24.3 Å². The molecule has 1 aromatic rings. The zero-order chi connectivity index (χ0) is 15.4. The minimum atomic E-state index is -1.03. The van der Waals surface area contributed by atoms with Gasteiger partial charge < -0.3 is 19.6 Å². The van der Waals surface area contributed by atoms with E-state index in [0.717, 1.165) is 0 Å². The molecule has 0 aromatic heterocycles. The Morgan fingerprint density at radius 3 is 2.76 bits per heavy atom. The number of likely N-dealkylation sites (N-methyl/N-ethyl adjacent to an activating group) is 1. The summed E-state index contributed by atoms with van der Waals surface area (Å²) in [5, 5.41) is 8.88. The average Bonchev–Trinajstić information content (AvgIpc) is 2.44. The lowest BCUT2D eigenvalue weighted by atomic mass is 10.2. The smallest absolute Gasteiger partial charge is 0.335 e. The van der Waals surface area contributed by atoms with Crippen molar-refractivity contribution in [3.63, 3.8) is 0 Å². The highest BCUT2D eigenvalue weighted by atomic mass is 16.5. The van der Waals surface area contributed by atoms with Crippen LogP contribution in [0.5, 0.6) is 5.75 Å². The Morgan fingerprint density at radius 2 is 2.05 bits per heavy atom. The van der Waals surface area contributed by atoms with Gasteiger partial charge in [-0.2, -0.15) is 0 Å². The van der Waals surface area contributed by atoms with Crippen molar-refractivity contribution in [2.45, 2.75) is 0 Å². The van der Waals surface area contributed by atoms with Gasteiger partial charge in [0.15, 0.2) is 0 Å². The van der Waals surface area contributed by atoms with Crippen molar-refractivity contribution in [2.75, 3.05) is 33.3 Å². The molecule has 0 radical (unpaired) electrons. The molecule has 0 saturated carbocycles. The van der Waals surface area contributed by atoms with E-state index in [9.17, 15) is 14.4 Å². The molecule has 21 heavy (non-hydrogen) atoms. The molecule has 112 valence electrons. The van der Waals surface area contributed by atoms with Crippen LogP contribution in [-0.4, -0.2) is 66.0 Å². The van der Waals surface area contributed by atoms with E-state index in [1.54, 1.807) is 19.2 Å². The van der Waals surface area contributed by atoms with E-state index in [4.69, 9.17) is 9.84 Å². The Bertz CT molecular complexity index is 572. The molecule has 0 unspecified atom stereocenters. The van der Waals surface area contributed by atoms with Gasteiger partial charge in [-0.25, -0.2) is 4.79 Å². The van der Waals surface area contributed by atoms with Gasteiger partial charge in [-0.3, -0.25) is 9.59 Å². The van der Waals surface area contributed by atoms with E-state index in [-0.39, 0.29) is 43.6 Å². The first kappa shape index (κ1) is 14.8. The maximum atomic E-state index is 11.7. The highest BCUT2D eigenvalue weighted by Crippen LogP contribution is 2.13. The topological polar surface area (TPSA) is 87.2 Å². The number of ether oxygens (including phenoxy) is 1. The maximum Gasteiger partial charge on any atom is 0.335 e. The van der Waals surface area contributed by atoms with Crippen molar-refractivity contribution in [1.82, 2.24) is 9.80 Å². The number of hydrogen-bond acceptors (Lipinski definition) is 4. The second-order valence-electron chi connectivity index (χ2n) is 4.75. The van der Waals surface area contributed by atoms with E-state index in [0.29, 0.717) is 5.75 Å². The molecule has 7 heteroatoms. The first-order chi connectivity index (χ1) is 9.97. The molecule has 2 amide bonds. The van der Waals surface area contributed by atoms with Gasteiger partial charge in [0.25, 0.3) is 0 Å². The van der Waals surface area contributed by atoms with Crippen molar-refractivity contribution in [2.24, 2.45) is 0 Å². The molecule has 1 fully saturated rings. The van der Waals surface area contributed by atoms with E-state index in [1.165, 1.54) is 21.9 Å². The lowest BCUT2D eigenvalue weighted by Gasteiger charge is -2.31. The van der Waals surface area contributed by atoms with Crippen LogP contribution in [0.4, 0.5) is 0 Å². The molecule has 7 nitrogen and oxygen atoms in total. The van der Waals surface area contributed by atoms with Crippen molar-refractivity contribution >= 4 is 17.8 Å². The van der Waals surface area contributed by atoms with Crippen LogP contribution in [0.1, 0.15) is 10.4 Å². The number of aromatic carboxylic acids is 1. The standard InChI is InChI=1S/C14H16N2O5/c1-15-8-13(18)16(9-12(15)17)5-6-21-11-4-2-3-10(7-11)14(19)20/h2-4,7H,5-6,8-9H2,1H3,(H,19,20). The number of carboxylic acids is 1. The summed E-state index contributed by atoms with van der Waals surface area (Å²) >= 11 is 0. The Kier molecular flexibility index (Phi) is 4.42. The minimum absolute atomic E-state index is 0.0495. The van der Waals surface area contributed by atoms with E-state index in [2.05, 4.69) is 0 Å². The molecule has 1 aliphatic heterocycles. The van der Waals surface area contributed by atoms with Gasteiger partial charge in [0.2, 0.25) is 11.8 Å². The molecular weight excluding hydrogens is 276 g/mol. The number of piperazine rings is 1. The Morgan fingerprint density at radius 1 is 1.29 bits per heavy atom. The van der Waals surface area contributed by atoms with Crippen LogP contribution >= 0.6 is 0 Å². The first-order valence-corrected chi connectivity index (χ1v) is 6.45. The molecule has 1 heterocycles. The van der Waals surface area contributed by atoms with Crippen LogP contribution < -0.4 is 4.74 Å². The van der Waals surface area contributed by atoms with Crippen LogP contribution in [0, 0.1) is 0 Å². The molecule has 1 aromatic carbocycles. The van der Waals surface area contributed by atoms with E-state index >= 15 is 0 Å². The second kappa shape index (κ2) is 6.25. The Hall–Kier alpha value is -2.57. The summed E-state index contributed by atoms with van der Waals surface area (Å²) in [4.78, 5) is 36.9. The van der Waals surface area contributed by atoms with Gasteiger partial charge in [0.1, 0.15) is 12.4 Å². The zero-order valence-electron chi connectivity index (χ0n) is 11.6. The molecule has 1 N–H and O–H groups in total. The number of carbonyl (C=O) groups excluding carboxylic acids is 2. The summed E-state index contributed by atoms with van der Waals surface area (Å²) in [7, 11) is 1.59. The first-order valence-electron chi connectivity index (χ1n) is 6.45. The predicted octanol–water partition coefficient (Wildman–Crippen LogP) is 0.0642. The zero-order valence-corrected chi connectivity index (χ0v) is 11.6. The fourth-order valence-electron chi connectivity index (χ4n) is 1.96. The maximum absolute atomic E-state index is 11.7. The Balaban J connectivity index is 1.87. The number of amides is 2. The van der Waals surface area contributed by atoms with Crippen molar-refractivity contribution < 1.29 is 24.2 Å². The van der Waals surface area contributed by atoms with E-state index in [1.807, 2.05) is 0 Å². The molecule has 0 aliphatic carbocycles. The molecule has 0 bridgehead atoms. The normalized spacial score (nSPS) is 15.3. The molecule has 0 atom stereocenters. The fourth-order valence-corrected chi connectivity index (χ4v) is 1.96. The predicted molar refractivity (Wildman–Crippen MR) is 73.1 cm³/mol. The molecular formula is C14H16N2O5. The number of nitrogens with zero attached hydrogens (tertiary/aromatic N) is 2. The van der Waals surface area contributed by atoms with Crippen molar-refractivity contribution in [3.05, 3.63) is 29.8 Å². The van der Waals surface area contributed by atoms with Crippen LogP contribution in [0.2, 0.25) is 0 Å². The highest BCUT2D eigenvalue weighted by molar-refractivity contribution is 5.92. The number of hydrogen-bond donors (Lipinski definition) is 1. The van der Waals surface area contributed by atoms with Gasteiger partial charge in [0, 0.05) is 7.05 Å². The summed E-state index contributed by atoms with van der Waals surface area (Å²) in [6, 6.07) is 6.11. The van der Waals surface area contributed by atoms with Crippen LogP contribution in [0.25, 0.3) is 0 Å². The lowest BCUT2D eigenvalue weighted by molar-refractivity contribution is -0.149. The third-order valence-electron chi connectivity index (χ3n) is 3.19. The van der Waals surface area contributed by atoms with Crippen molar-refractivity contribution in [3.8, 4) is 5.75 Å². The summed E-state index contributed by atoms with van der Waals surface area (Å²) in [5.74, 6) is -0.842. The molecule has 1 saturated heterocycles. The molecule has 1 aliphatic rings. The van der Waals surface area contributed by atoms with Gasteiger partial charge in [0.05, 0.1) is 25.2 Å². The average molecular weight is 292 g/mol. The van der Waals surface area contributed by atoms with Crippen LogP contribution in [-0.2, 0) is 9.59 Å². The lowest BCUT2D eigenvalue weighted by Crippen LogP contribution is -2.53. The molecule has 0 spiro atoms. The second-order valence-corrected chi connectivity index (χ2v) is 4.75.